The Hall–Kier alpha value is 0.1000. The van der Waals surface area contributed by atoms with Gasteiger partial charge in [-0.3, -0.25) is 0 Å². The van der Waals surface area contributed by atoms with Crippen LogP contribution in [0.25, 0.3) is 0 Å². The zero-order valence-electron chi connectivity index (χ0n) is 13.6. The van der Waals surface area contributed by atoms with Crippen molar-refractivity contribution in [1.82, 2.24) is 10.2 Å². The van der Waals surface area contributed by atoms with Crippen molar-refractivity contribution in [2.24, 2.45) is 11.3 Å². The van der Waals surface area contributed by atoms with Gasteiger partial charge >= 0.3 is 0 Å². The molecule has 2 unspecified atom stereocenters. The number of nitrogens with zero attached hydrogens (tertiary/aromatic N) is 1. The fraction of sp³-hybridized carbons (Fsp3) is 0.765. The van der Waals surface area contributed by atoms with Gasteiger partial charge in [0.05, 0.1) is 0 Å². The van der Waals surface area contributed by atoms with Gasteiger partial charge in [-0.15, -0.1) is 11.3 Å². The molecule has 1 aromatic heterocycles. The predicted octanol–water partition coefficient (Wildman–Crippen LogP) is 4.75. The highest BCUT2D eigenvalue weighted by molar-refractivity contribution is 9.10. The van der Waals surface area contributed by atoms with Gasteiger partial charge in [0, 0.05) is 34.4 Å². The highest BCUT2D eigenvalue weighted by Crippen LogP contribution is 2.39. The van der Waals surface area contributed by atoms with Crippen LogP contribution in [0.2, 0.25) is 0 Å². The molecular formula is C17H29BrN2S. The first kappa shape index (κ1) is 17.5. The molecule has 0 saturated heterocycles. The molecule has 4 heteroatoms. The number of thiophene rings is 1. The Morgan fingerprint density at radius 2 is 2.33 bits per heavy atom. The second-order valence-corrected chi connectivity index (χ2v) is 8.80. The summed E-state index contributed by atoms with van der Waals surface area (Å²) in [7, 11) is 2.28. The van der Waals surface area contributed by atoms with Gasteiger partial charge in [-0.1, -0.05) is 26.7 Å². The van der Waals surface area contributed by atoms with Crippen LogP contribution in [0.3, 0.4) is 0 Å². The summed E-state index contributed by atoms with van der Waals surface area (Å²) in [5, 5.41) is 5.80. The van der Waals surface area contributed by atoms with Gasteiger partial charge < -0.3 is 10.2 Å². The van der Waals surface area contributed by atoms with Crippen LogP contribution in [0.4, 0.5) is 0 Å². The Morgan fingerprint density at radius 3 is 2.95 bits per heavy atom. The largest absolute Gasteiger partial charge is 0.316 e. The highest BCUT2D eigenvalue weighted by Gasteiger charge is 2.35. The van der Waals surface area contributed by atoms with Crippen LogP contribution in [0.5, 0.6) is 0 Å². The molecule has 2 atom stereocenters. The minimum absolute atomic E-state index is 0.469. The molecule has 0 aromatic carbocycles. The van der Waals surface area contributed by atoms with Crippen molar-refractivity contribution in [2.45, 2.75) is 46.1 Å². The van der Waals surface area contributed by atoms with Crippen LogP contribution < -0.4 is 5.32 Å². The van der Waals surface area contributed by atoms with Gasteiger partial charge in [0.15, 0.2) is 0 Å². The van der Waals surface area contributed by atoms with Crippen LogP contribution in [0, 0.1) is 11.3 Å². The molecule has 0 amide bonds. The van der Waals surface area contributed by atoms with Gasteiger partial charge in [0.1, 0.15) is 0 Å². The fourth-order valence-corrected chi connectivity index (χ4v) is 5.38. The van der Waals surface area contributed by atoms with Gasteiger partial charge in [-0.25, -0.2) is 0 Å². The molecule has 1 heterocycles. The SMILES string of the molecule is CCNCC1(CN(C)Cc2cc(Br)cs2)CCCC(C)C1. The Balaban J connectivity index is 1.96. The lowest BCUT2D eigenvalue weighted by Crippen LogP contribution is -2.45. The van der Waals surface area contributed by atoms with Crippen molar-refractivity contribution in [3.63, 3.8) is 0 Å². The highest BCUT2D eigenvalue weighted by atomic mass is 79.9. The molecule has 1 aliphatic rings. The van der Waals surface area contributed by atoms with E-state index in [4.69, 9.17) is 0 Å². The van der Waals surface area contributed by atoms with Gasteiger partial charge in [-0.2, -0.15) is 0 Å². The molecule has 0 aliphatic heterocycles. The van der Waals surface area contributed by atoms with E-state index in [0.29, 0.717) is 5.41 Å². The third-order valence-electron chi connectivity index (χ3n) is 4.59. The summed E-state index contributed by atoms with van der Waals surface area (Å²) in [5.74, 6) is 0.877. The lowest BCUT2D eigenvalue weighted by Gasteiger charge is -2.42. The number of halogens is 1. The second-order valence-electron chi connectivity index (χ2n) is 6.89. The van der Waals surface area contributed by atoms with Crippen LogP contribution >= 0.6 is 27.3 Å². The summed E-state index contributed by atoms with van der Waals surface area (Å²) < 4.78 is 1.21. The maximum atomic E-state index is 3.62. The molecule has 2 rings (SSSR count). The van der Waals surface area contributed by atoms with E-state index in [9.17, 15) is 0 Å². The fourth-order valence-electron chi connectivity index (χ4n) is 3.85. The molecule has 1 fully saturated rings. The summed E-state index contributed by atoms with van der Waals surface area (Å²) in [6.45, 7) is 9.17. The van der Waals surface area contributed by atoms with E-state index in [-0.39, 0.29) is 0 Å². The van der Waals surface area contributed by atoms with Crippen molar-refractivity contribution in [3.05, 3.63) is 20.8 Å². The Labute approximate surface area is 142 Å². The van der Waals surface area contributed by atoms with E-state index in [1.54, 1.807) is 0 Å². The monoisotopic (exact) mass is 372 g/mol. The molecule has 1 aliphatic carbocycles. The molecule has 1 aromatic rings. The van der Waals surface area contributed by atoms with E-state index < -0.39 is 0 Å². The van der Waals surface area contributed by atoms with Gasteiger partial charge in [0.2, 0.25) is 0 Å². The van der Waals surface area contributed by atoms with Crippen LogP contribution in [0.15, 0.2) is 15.9 Å². The minimum Gasteiger partial charge on any atom is -0.316 e. The first-order valence-electron chi connectivity index (χ1n) is 8.15. The van der Waals surface area contributed by atoms with E-state index in [1.165, 1.54) is 48.1 Å². The van der Waals surface area contributed by atoms with Crippen molar-refractivity contribution < 1.29 is 0 Å². The van der Waals surface area contributed by atoms with Crippen LogP contribution in [-0.2, 0) is 6.54 Å². The molecule has 0 radical (unpaired) electrons. The zero-order chi connectivity index (χ0) is 15.3. The summed E-state index contributed by atoms with van der Waals surface area (Å²) in [6, 6.07) is 2.25. The van der Waals surface area contributed by atoms with Crippen molar-refractivity contribution in [3.8, 4) is 0 Å². The molecule has 2 nitrogen and oxygen atoms in total. The van der Waals surface area contributed by atoms with E-state index in [1.807, 2.05) is 11.3 Å². The molecule has 0 spiro atoms. The first-order chi connectivity index (χ1) is 10.0. The lowest BCUT2D eigenvalue weighted by molar-refractivity contribution is 0.0899. The Bertz CT molecular complexity index is 434. The zero-order valence-corrected chi connectivity index (χ0v) is 16.0. The Kier molecular flexibility index (Phi) is 6.73. The number of rotatable bonds is 7. The topological polar surface area (TPSA) is 15.3 Å². The van der Waals surface area contributed by atoms with Crippen molar-refractivity contribution in [2.75, 3.05) is 26.7 Å². The molecular weight excluding hydrogens is 344 g/mol. The quantitative estimate of drug-likeness (QED) is 0.742. The maximum absolute atomic E-state index is 3.62. The molecule has 0 bridgehead atoms. The normalized spacial score (nSPS) is 26.4. The molecule has 1 N–H and O–H groups in total. The average Bonchev–Trinajstić information content (AvgIpc) is 2.81. The second kappa shape index (κ2) is 8.09. The number of nitrogens with one attached hydrogen (secondary N) is 1. The molecule has 120 valence electrons. The summed E-state index contributed by atoms with van der Waals surface area (Å²) in [5.41, 5.74) is 0.469. The maximum Gasteiger partial charge on any atom is 0.0325 e. The van der Waals surface area contributed by atoms with Crippen LogP contribution in [0.1, 0.15) is 44.4 Å². The summed E-state index contributed by atoms with van der Waals surface area (Å²) in [4.78, 5) is 3.97. The minimum atomic E-state index is 0.469. The Morgan fingerprint density at radius 1 is 1.52 bits per heavy atom. The average molecular weight is 373 g/mol. The van der Waals surface area contributed by atoms with Gasteiger partial charge in [0.25, 0.3) is 0 Å². The van der Waals surface area contributed by atoms with E-state index in [2.05, 4.69) is 58.5 Å². The summed E-state index contributed by atoms with van der Waals surface area (Å²) >= 11 is 5.41. The number of hydrogen-bond acceptors (Lipinski definition) is 3. The standard InChI is InChI=1S/C17H29BrN2S/c1-4-19-12-17(7-5-6-14(2)9-17)13-20(3)10-16-8-15(18)11-21-16/h8,11,14,19H,4-7,9-10,12-13H2,1-3H3. The van der Waals surface area contributed by atoms with E-state index in [0.717, 1.165) is 19.0 Å². The van der Waals surface area contributed by atoms with Crippen molar-refractivity contribution in [1.29, 1.82) is 0 Å². The number of hydrogen-bond donors (Lipinski definition) is 1. The van der Waals surface area contributed by atoms with E-state index >= 15 is 0 Å². The van der Waals surface area contributed by atoms with Crippen molar-refractivity contribution >= 4 is 27.3 Å². The van der Waals surface area contributed by atoms with Crippen LogP contribution in [-0.4, -0.2) is 31.6 Å². The molecule has 1 saturated carbocycles. The first-order valence-corrected chi connectivity index (χ1v) is 9.82. The summed E-state index contributed by atoms with van der Waals surface area (Å²) in [6.07, 6.45) is 5.56. The predicted molar refractivity (Wildman–Crippen MR) is 97.0 cm³/mol. The lowest BCUT2D eigenvalue weighted by atomic mass is 9.69. The third kappa shape index (κ3) is 5.34. The third-order valence-corrected chi connectivity index (χ3v) is 6.27. The smallest absolute Gasteiger partial charge is 0.0325 e. The molecule has 21 heavy (non-hydrogen) atoms. The van der Waals surface area contributed by atoms with Gasteiger partial charge in [-0.05, 0) is 59.8 Å².